The first kappa shape index (κ1) is 15.9. The minimum atomic E-state index is -3.23. The molecule has 0 aliphatic carbocycles. The normalized spacial score (nSPS) is 12.2. The van der Waals surface area contributed by atoms with Crippen LogP contribution in [0.3, 0.4) is 0 Å². The number of nitrogens with zero attached hydrogens (tertiary/aromatic N) is 3. The zero-order valence-electron chi connectivity index (χ0n) is 14.3. The molecule has 0 saturated heterocycles. The van der Waals surface area contributed by atoms with Crippen molar-refractivity contribution in [2.45, 2.75) is 4.90 Å². The van der Waals surface area contributed by atoms with E-state index in [1.54, 1.807) is 36.7 Å². The molecule has 0 atom stereocenters. The number of aromatic nitrogens is 4. The molecule has 2 aromatic carbocycles. The molecule has 3 aromatic heterocycles. The van der Waals surface area contributed by atoms with Crippen LogP contribution in [0.2, 0.25) is 0 Å². The molecular formula is C20H14N4O2S. The third kappa shape index (κ3) is 2.47. The van der Waals surface area contributed by atoms with Crippen LogP contribution in [0.1, 0.15) is 0 Å². The van der Waals surface area contributed by atoms with Crippen molar-refractivity contribution in [3.8, 4) is 11.4 Å². The van der Waals surface area contributed by atoms with Crippen LogP contribution in [0.4, 0.5) is 0 Å². The van der Waals surface area contributed by atoms with Gasteiger partial charge in [0, 0.05) is 35.0 Å². The average Bonchev–Trinajstić information content (AvgIpc) is 3.14. The molecule has 3 heterocycles. The van der Waals surface area contributed by atoms with Gasteiger partial charge in [0.15, 0.2) is 9.84 Å². The highest BCUT2D eigenvalue weighted by atomic mass is 32.2. The number of benzene rings is 2. The molecular weight excluding hydrogens is 360 g/mol. The first-order valence-corrected chi connectivity index (χ1v) is 10.2. The molecule has 132 valence electrons. The summed E-state index contributed by atoms with van der Waals surface area (Å²) in [4.78, 5) is 17.4. The van der Waals surface area contributed by atoms with Gasteiger partial charge in [-0.25, -0.2) is 13.4 Å². The number of pyridine rings is 2. The Labute approximate surface area is 154 Å². The molecule has 0 fully saturated rings. The van der Waals surface area contributed by atoms with Gasteiger partial charge in [0.05, 0.1) is 27.0 Å². The Hall–Kier alpha value is -3.32. The fraction of sp³-hybridized carbons (Fsp3) is 0.0500. The molecule has 0 saturated carbocycles. The SMILES string of the molecule is CS(=O)(=O)c1ccc(-c2nc3c4cccnc4c4ncccc4c3[nH]2)cc1. The van der Waals surface area contributed by atoms with E-state index in [9.17, 15) is 8.42 Å². The van der Waals surface area contributed by atoms with Crippen molar-refractivity contribution < 1.29 is 8.42 Å². The quantitative estimate of drug-likeness (QED) is 0.476. The summed E-state index contributed by atoms with van der Waals surface area (Å²) in [7, 11) is -3.23. The van der Waals surface area contributed by atoms with Gasteiger partial charge in [0.1, 0.15) is 5.82 Å². The highest BCUT2D eigenvalue weighted by Crippen LogP contribution is 2.33. The Kier molecular flexibility index (Phi) is 3.29. The highest BCUT2D eigenvalue weighted by Gasteiger charge is 2.15. The number of sulfone groups is 1. The lowest BCUT2D eigenvalue weighted by Crippen LogP contribution is -1.96. The molecule has 5 aromatic rings. The molecule has 27 heavy (non-hydrogen) atoms. The maximum absolute atomic E-state index is 11.7. The number of rotatable bonds is 2. The predicted molar refractivity (Wildman–Crippen MR) is 105 cm³/mol. The van der Waals surface area contributed by atoms with Gasteiger partial charge in [-0.15, -0.1) is 0 Å². The minimum Gasteiger partial charge on any atom is -0.337 e. The van der Waals surface area contributed by atoms with Gasteiger partial charge >= 0.3 is 0 Å². The molecule has 0 bridgehead atoms. The van der Waals surface area contributed by atoms with E-state index in [4.69, 9.17) is 4.98 Å². The fourth-order valence-corrected chi connectivity index (χ4v) is 3.97. The molecule has 0 radical (unpaired) electrons. The molecule has 1 N–H and O–H groups in total. The van der Waals surface area contributed by atoms with Crippen LogP contribution in [-0.2, 0) is 9.84 Å². The maximum Gasteiger partial charge on any atom is 0.175 e. The molecule has 7 heteroatoms. The third-order valence-electron chi connectivity index (χ3n) is 4.62. The number of H-pyrrole nitrogens is 1. The lowest BCUT2D eigenvalue weighted by atomic mass is 10.1. The van der Waals surface area contributed by atoms with E-state index in [0.717, 1.165) is 38.4 Å². The van der Waals surface area contributed by atoms with Crippen LogP contribution >= 0.6 is 0 Å². The number of fused-ring (bicyclic) bond motifs is 6. The third-order valence-corrected chi connectivity index (χ3v) is 5.75. The van der Waals surface area contributed by atoms with Crippen LogP contribution in [0.25, 0.3) is 44.2 Å². The van der Waals surface area contributed by atoms with E-state index in [0.29, 0.717) is 5.82 Å². The number of nitrogens with one attached hydrogen (secondary N) is 1. The zero-order valence-corrected chi connectivity index (χ0v) is 15.2. The highest BCUT2D eigenvalue weighted by molar-refractivity contribution is 7.90. The summed E-state index contributed by atoms with van der Waals surface area (Å²) in [6.45, 7) is 0. The molecule has 0 unspecified atom stereocenters. The minimum absolute atomic E-state index is 0.284. The summed E-state index contributed by atoms with van der Waals surface area (Å²) in [5.41, 5.74) is 4.16. The topological polar surface area (TPSA) is 88.6 Å². The van der Waals surface area contributed by atoms with E-state index < -0.39 is 9.84 Å². The van der Waals surface area contributed by atoms with Gasteiger partial charge in [-0.1, -0.05) is 0 Å². The number of hydrogen-bond acceptors (Lipinski definition) is 5. The largest absolute Gasteiger partial charge is 0.337 e. The Morgan fingerprint density at radius 1 is 0.815 bits per heavy atom. The van der Waals surface area contributed by atoms with Crippen molar-refractivity contribution in [1.82, 2.24) is 19.9 Å². The predicted octanol–water partition coefficient (Wildman–Crippen LogP) is 3.73. The molecule has 6 nitrogen and oxygen atoms in total. The van der Waals surface area contributed by atoms with Gasteiger partial charge < -0.3 is 4.98 Å². The Bertz CT molecular complexity index is 1370. The summed E-state index contributed by atoms with van der Waals surface area (Å²) in [6.07, 6.45) is 4.70. The number of hydrogen-bond donors (Lipinski definition) is 1. The second kappa shape index (κ2) is 5.59. The lowest BCUT2D eigenvalue weighted by molar-refractivity contribution is 0.602. The van der Waals surface area contributed by atoms with Gasteiger partial charge in [0.2, 0.25) is 0 Å². The van der Waals surface area contributed by atoms with Gasteiger partial charge in [-0.3, -0.25) is 9.97 Å². The van der Waals surface area contributed by atoms with E-state index >= 15 is 0 Å². The van der Waals surface area contributed by atoms with Crippen molar-refractivity contribution in [2.75, 3.05) is 6.26 Å². The molecule has 0 aliphatic heterocycles. The summed E-state index contributed by atoms with van der Waals surface area (Å²) in [5.74, 6) is 0.673. The van der Waals surface area contributed by atoms with Crippen LogP contribution in [0.5, 0.6) is 0 Å². The van der Waals surface area contributed by atoms with Crippen LogP contribution in [-0.4, -0.2) is 34.6 Å². The molecule has 0 spiro atoms. The van der Waals surface area contributed by atoms with Crippen LogP contribution in [0.15, 0.2) is 65.8 Å². The van der Waals surface area contributed by atoms with Crippen molar-refractivity contribution in [3.05, 3.63) is 60.9 Å². The van der Waals surface area contributed by atoms with Gasteiger partial charge in [-0.2, -0.15) is 0 Å². The average molecular weight is 374 g/mol. The molecule has 5 rings (SSSR count). The number of aromatic amines is 1. The van der Waals surface area contributed by atoms with Crippen molar-refractivity contribution >= 4 is 42.7 Å². The van der Waals surface area contributed by atoms with E-state index in [-0.39, 0.29) is 4.90 Å². The Balaban J connectivity index is 1.81. The summed E-state index contributed by atoms with van der Waals surface area (Å²) < 4.78 is 23.4. The standard InChI is InChI=1S/C20H14N4O2S/c1-27(25,26)13-8-6-12(7-9-13)20-23-18-14-4-2-10-21-16(14)17-15(19(18)24-20)5-3-11-22-17/h2-11H,1H3,(H,23,24). The van der Waals surface area contributed by atoms with E-state index in [1.165, 1.54) is 6.26 Å². The first-order chi connectivity index (χ1) is 13.0. The van der Waals surface area contributed by atoms with Crippen LogP contribution < -0.4 is 0 Å². The zero-order chi connectivity index (χ0) is 18.6. The lowest BCUT2D eigenvalue weighted by Gasteiger charge is -2.03. The smallest absolute Gasteiger partial charge is 0.175 e. The molecule has 0 aliphatic rings. The van der Waals surface area contributed by atoms with Crippen molar-refractivity contribution in [1.29, 1.82) is 0 Å². The first-order valence-electron chi connectivity index (χ1n) is 8.34. The Morgan fingerprint density at radius 2 is 1.44 bits per heavy atom. The second-order valence-corrected chi connectivity index (χ2v) is 8.42. The Morgan fingerprint density at radius 3 is 2.11 bits per heavy atom. The monoisotopic (exact) mass is 374 g/mol. The van der Waals surface area contributed by atoms with Crippen molar-refractivity contribution in [2.24, 2.45) is 0 Å². The van der Waals surface area contributed by atoms with Crippen molar-refractivity contribution in [3.63, 3.8) is 0 Å². The number of imidazole rings is 1. The maximum atomic E-state index is 11.7. The summed E-state index contributed by atoms with van der Waals surface area (Å²) >= 11 is 0. The summed E-state index contributed by atoms with van der Waals surface area (Å²) in [6, 6.07) is 14.5. The van der Waals surface area contributed by atoms with Crippen LogP contribution in [0, 0.1) is 0 Å². The summed E-state index contributed by atoms with van der Waals surface area (Å²) in [5, 5.41) is 1.87. The molecule has 0 amide bonds. The van der Waals surface area contributed by atoms with E-state index in [2.05, 4.69) is 15.0 Å². The van der Waals surface area contributed by atoms with Gasteiger partial charge in [0.25, 0.3) is 0 Å². The second-order valence-electron chi connectivity index (χ2n) is 6.40. The fourth-order valence-electron chi connectivity index (χ4n) is 3.34. The van der Waals surface area contributed by atoms with E-state index in [1.807, 2.05) is 24.3 Å². The van der Waals surface area contributed by atoms with Gasteiger partial charge in [-0.05, 0) is 48.5 Å².